The number of carbonyl (C=O) groups is 1. The fraction of sp³-hybridized carbons (Fsp3) is 0.200. The van der Waals surface area contributed by atoms with Crippen molar-refractivity contribution in [3.05, 3.63) is 70.8 Å². The number of amides is 1. The summed E-state index contributed by atoms with van der Waals surface area (Å²) in [4.78, 5) is 16.7. The molecule has 0 bridgehead atoms. The van der Waals surface area contributed by atoms with Crippen molar-refractivity contribution in [2.24, 2.45) is 0 Å². The molecule has 0 saturated carbocycles. The summed E-state index contributed by atoms with van der Waals surface area (Å²) in [6, 6.07) is 8.37. The molecule has 0 atom stereocenters. The standard InChI is InChI=1S/C20H20N2OS2/c1-3-21-16(14-13-15-9-5-7-11-17(15)21)10-6-8-12-18-19(23)22(4-2)20(24)25-18/h5-14H,3-4H2,1-2H3/b8-6+,16-10+,18-12-. The van der Waals surface area contributed by atoms with Crippen LogP contribution in [0.2, 0.25) is 0 Å². The van der Waals surface area contributed by atoms with E-state index < -0.39 is 0 Å². The quantitative estimate of drug-likeness (QED) is 0.565. The number of benzene rings is 1. The Balaban J connectivity index is 1.76. The largest absolute Gasteiger partial charge is 0.341 e. The number of hydrogen-bond acceptors (Lipinski definition) is 4. The van der Waals surface area contributed by atoms with Crippen molar-refractivity contribution >= 4 is 46.0 Å². The van der Waals surface area contributed by atoms with Crippen LogP contribution < -0.4 is 4.90 Å². The number of nitrogens with zero attached hydrogens (tertiary/aromatic N) is 2. The molecule has 3 nitrogen and oxygen atoms in total. The summed E-state index contributed by atoms with van der Waals surface area (Å²) in [7, 11) is 0. The molecule has 1 aromatic rings. The van der Waals surface area contributed by atoms with E-state index in [9.17, 15) is 4.79 Å². The minimum Gasteiger partial charge on any atom is -0.341 e. The predicted octanol–water partition coefficient (Wildman–Crippen LogP) is 4.74. The second-order valence-electron chi connectivity index (χ2n) is 5.56. The molecule has 2 aliphatic rings. The number of rotatable bonds is 4. The van der Waals surface area contributed by atoms with Gasteiger partial charge in [0.15, 0.2) is 0 Å². The molecule has 2 aliphatic heterocycles. The van der Waals surface area contributed by atoms with Gasteiger partial charge in [0.2, 0.25) is 0 Å². The fourth-order valence-corrected chi connectivity index (χ4v) is 4.20. The van der Waals surface area contributed by atoms with Crippen LogP contribution in [0.25, 0.3) is 6.08 Å². The number of thioether (sulfide) groups is 1. The van der Waals surface area contributed by atoms with Crippen LogP contribution in [-0.4, -0.2) is 28.2 Å². The highest BCUT2D eigenvalue weighted by Gasteiger charge is 2.29. The van der Waals surface area contributed by atoms with Gasteiger partial charge < -0.3 is 4.90 Å². The Morgan fingerprint density at radius 2 is 1.76 bits per heavy atom. The van der Waals surface area contributed by atoms with E-state index in [1.807, 2.05) is 25.2 Å². The molecule has 0 N–H and O–H groups in total. The topological polar surface area (TPSA) is 23.6 Å². The van der Waals surface area contributed by atoms with Gasteiger partial charge in [0.1, 0.15) is 4.32 Å². The maximum Gasteiger partial charge on any atom is 0.266 e. The molecule has 5 heteroatoms. The Hall–Kier alpha value is -2.11. The molecular formula is C20H20N2OS2. The van der Waals surface area contributed by atoms with Crippen molar-refractivity contribution in [3.8, 4) is 0 Å². The zero-order chi connectivity index (χ0) is 17.8. The molecule has 0 spiro atoms. The van der Waals surface area contributed by atoms with Gasteiger partial charge in [0.05, 0.1) is 4.91 Å². The van der Waals surface area contributed by atoms with Crippen molar-refractivity contribution in [1.29, 1.82) is 0 Å². The average molecular weight is 369 g/mol. The van der Waals surface area contributed by atoms with Crippen LogP contribution in [0, 0.1) is 0 Å². The highest BCUT2D eigenvalue weighted by Crippen LogP contribution is 2.31. The van der Waals surface area contributed by atoms with E-state index in [4.69, 9.17) is 12.2 Å². The molecule has 0 aromatic heterocycles. The molecule has 0 aliphatic carbocycles. The van der Waals surface area contributed by atoms with E-state index in [0.717, 1.165) is 12.2 Å². The SMILES string of the molecule is CCN1C(=O)/C(=C/C=C/C=C2\C=Cc3ccccc3N2CC)SC1=S. The van der Waals surface area contributed by atoms with Crippen LogP contribution >= 0.6 is 24.0 Å². The highest BCUT2D eigenvalue weighted by molar-refractivity contribution is 8.26. The summed E-state index contributed by atoms with van der Waals surface area (Å²) in [6.45, 7) is 5.59. The highest BCUT2D eigenvalue weighted by atomic mass is 32.2. The Bertz CT molecular complexity index is 821. The lowest BCUT2D eigenvalue weighted by Crippen LogP contribution is -2.27. The van der Waals surface area contributed by atoms with E-state index in [0.29, 0.717) is 15.8 Å². The summed E-state index contributed by atoms with van der Waals surface area (Å²) in [6.07, 6.45) is 12.0. The smallest absolute Gasteiger partial charge is 0.266 e. The molecule has 2 heterocycles. The summed E-state index contributed by atoms with van der Waals surface area (Å²) in [5, 5.41) is 0. The lowest BCUT2D eigenvalue weighted by atomic mass is 10.1. The lowest BCUT2D eigenvalue weighted by molar-refractivity contribution is -0.122. The van der Waals surface area contributed by atoms with E-state index in [2.05, 4.69) is 54.3 Å². The predicted molar refractivity (Wildman–Crippen MR) is 111 cm³/mol. The third-order valence-corrected chi connectivity index (χ3v) is 5.50. The monoisotopic (exact) mass is 368 g/mol. The number of carbonyl (C=O) groups excluding carboxylic acids is 1. The van der Waals surface area contributed by atoms with Crippen LogP contribution in [0.1, 0.15) is 19.4 Å². The zero-order valence-corrected chi connectivity index (χ0v) is 15.9. The van der Waals surface area contributed by atoms with Gasteiger partial charge in [0.25, 0.3) is 5.91 Å². The number of fused-ring (bicyclic) bond motifs is 1. The first kappa shape index (κ1) is 17.7. The van der Waals surface area contributed by atoms with Gasteiger partial charge in [-0.15, -0.1) is 0 Å². The molecule has 0 radical (unpaired) electrons. The van der Waals surface area contributed by atoms with Gasteiger partial charge in [-0.1, -0.05) is 60.4 Å². The Kier molecular flexibility index (Phi) is 5.56. The van der Waals surface area contributed by atoms with Crippen LogP contribution in [0.5, 0.6) is 0 Å². The van der Waals surface area contributed by atoms with Crippen LogP contribution in [0.15, 0.2) is 65.2 Å². The molecular weight excluding hydrogens is 348 g/mol. The summed E-state index contributed by atoms with van der Waals surface area (Å²) >= 11 is 6.58. The van der Waals surface area contributed by atoms with Gasteiger partial charge in [-0.25, -0.2) is 0 Å². The molecule has 3 rings (SSSR count). The zero-order valence-electron chi connectivity index (χ0n) is 14.3. The molecule has 1 amide bonds. The van der Waals surface area contributed by atoms with Crippen molar-refractivity contribution < 1.29 is 4.79 Å². The van der Waals surface area contributed by atoms with E-state index in [1.54, 1.807) is 4.90 Å². The Morgan fingerprint density at radius 1 is 1.04 bits per heavy atom. The number of thiocarbonyl (C=S) groups is 1. The molecule has 0 unspecified atom stereocenters. The van der Waals surface area contributed by atoms with Gasteiger partial charge in [-0.2, -0.15) is 0 Å². The van der Waals surface area contributed by atoms with Gasteiger partial charge in [-0.3, -0.25) is 9.69 Å². The number of allylic oxidation sites excluding steroid dienone is 5. The van der Waals surface area contributed by atoms with Gasteiger partial charge >= 0.3 is 0 Å². The number of anilines is 1. The summed E-state index contributed by atoms with van der Waals surface area (Å²) in [5.74, 6) is -0.00326. The third kappa shape index (κ3) is 3.62. The molecule has 25 heavy (non-hydrogen) atoms. The number of para-hydroxylation sites is 1. The fourth-order valence-electron chi connectivity index (χ4n) is 2.86. The van der Waals surface area contributed by atoms with E-state index in [1.165, 1.54) is 23.0 Å². The minimum atomic E-state index is -0.00326. The third-order valence-electron chi connectivity index (χ3n) is 4.10. The lowest BCUT2D eigenvalue weighted by Gasteiger charge is -2.29. The van der Waals surface area contributed by atoms with Crippen molar-refractivity contribution in [2.45, 2.75) is 13.8 Å². The molecule has 1 fully saturated rings. The maximum atomic E-state index is 12.2. The Morgan fingerprint density at radius 3 is 2.48 bits per heavy atom. The van der Waals surface area contributed by atoms with Gasteiger partial charge in [-0.05, 0) is 43.7 Å². The first-order valence-electron chi connectivity index (χ1n) is 8.32. The Labute approximate surface area is 158 Å². The first-order chi connectivity index (χ1) is 12.2. The van der Waals surface area contributed by atoms with Crippen LogP contribution in [0.4, 0.5) is 5.69 Å². The van der Waals surface area contributed by atoms with Crippen molar-refractivity contribution in [1.82, 2.24) is 4.90 Å². The number of hydrogen-bond donors (Lipinski definition) is 0. The maximum absolute atomic E-state index is 12.2. The van der Waals surface area contributed by atoms with Crippen molar-refractivity contribution in [2.75, 3.05) is 18.0 Å². The second kappa shape index (κ2) is 7.85. The van der Waals surface area contributed by atoms with Crippen LogP contribution in [-0.2, 0) is 4.79 Å². The first-order valence-corrected chi connectivity index (χ1v) is 9.55. The minimum absolute atomic E-state index is 0.00326. The normalized spacial score (nSPS) is 20.4. The average Bonchev–Trinajstić information content (AvgIpc) is 2.91. The molecule has 128 valence electrons. The van der Waals surface area contributed by atoms with Crippen LogP contribution in [0.3, 0.4) is 0 Å². The van der Waals surface area contributed by atoms with Crippen molar-refractivity contribution in [3.63, 3.8) is 0 Å². The second-order valence-corrected chi connectivity index (χ2v) is 7.24. The van der Waals surface area contributed by atoms with E-state index in [-0.39, 0.29) is 5.91 Å². The molecule has 1 saturated heterocycles. The summed E-state index contributed by atoms with van der Waals surface area (Å²) in [5.41, 5.74) is 3.58. The van der Waals surface area contributed by atoms with E-state index >= 15 is 0 Å². The van der Waals surface area contributed by atoms with Gasteiger partial charge in [0, 0.05) is 24.5 Å². The molecule has 1 aromatic carbocycles. The number of likely N-dealkylation sites (N-methyl/N-ethyl adjacent to an activating group) is 2. The summed E-state index contributed by atoms with van der Waals surface area (Å²) < 4.78 is 0.634.